The third-order valence-electron chi connectivity index (χ3n) is 2.69. The van der Waals surface area contributed by atoms with Gasteiger partial charge in [-0.2, -0.15) is 0 Å². The number of benzene rings is 1. The highest BCUT2D eigenvalue weighted by atomic mass is 32.2. The van der Waals surface area contributed by atoms with Crippen LogP contribution in [0.3, 0.4) is 0 Å². The molecule has 0 fully saturated rings. The molecule has 0 aromatic heterocycles. The van der Waals surface area contributed by atoms with Gasteiger partial charge in [0.2, 0.25) is 10.0 Å². The van der Waals surface area contributed by atoms with Gasteiger partial charge in [0.15, 0.2) is 0 Å². The molecule has 0 bridgehead atoms. The summed E-state index contributed by atoms with van der Waals surface area (Å²) < 4.78 is 31.6. The molecule has 1 aromatic rings. The van der Waals surface area contributed by atoms with Gasteiger partial charge in [-0.1, -0.05) is 6.92 Å². The smallest absolute Gasteiger partial charge is 0.335 e. The summed E-state index contributed by atoms with van der Waals surface area (Å²) in [5, 5.41) is 12.0. The van der Waals surface area contributed by atoms with Crippen LogP contribution in [0.4, 0.5) is 5.69 Å². The SMILES string of the molecule is CCNS(=O)(=O)c1cc(C(=O)O)ccc1NCCCOC. The third kappa shape index (κ3) is 5.00. The number of aromatic carboxylic acids is 1. The second-order valence-electron chi connectivity index (χ2n) is 4.29. The molecule has 3 N–H and O–H groups in total. The predicted octanol–water partition coefficient (Wildman–Crippen LogP) is 1.13. The minimum atomic E-state index is -3.75. The summed E-state index contributed by atoms with van der Waals surface area (Å²) in [6.07, 6.45) is 0.706. The van der Waals surface area contributed by atoms with Crippen molar-refractivity contribution >= 4 is 21.7 Å². The molecule has 21 heavy (non-hydrogen) atoms. The Hall–Kier alpha value is -1.64. The maximum Gasteiger partial charge on any atom is 0.335 e. The van der Waals surface area contributed by atoms with Gasteiger partial charge in [0.1, 0.15) is 4.90 Å². The van der Waals surface area contributed by atoms with Crippen LogP contribution in [-0.2, 0) is 14.8 Å². The zero-order valence-electron chi connectivity index (χ0n) is 12.0. The van der Waals surface area contributed by atoms with Gasteiger partial charge in [0, 0.05) is 26.8 Å². The summed E-state index contributed by atoms with van der Waals surface area (Å²) in [5.74, 6) is -1.17. The molecule has 8 heteroatoms. The lowest BCUT2D eigenvalue weighted by Gasteiger charge is -2.13. The molecular weight excluding hydrogens is 296 g/mol. The molecule has 0 aliphatic heterocycles. The number of sulfonamides is 1. The summed E-state index contributed by atoms with van der Waals surface area (Å²) >= 11 is 0. The van der Waals surface area contributed by atoms with Gasteiger partial charge >= 0.3 is 5.97 Å². The first kappa shape index (κ1) is 17.4. The molecule has 118 valence electrons. The van der Waals surface area contributed by atoms with Crippen LogP contribution in [0.1, 0.15) is 23.7 Å². The fourth-order valence-electron chi connectivity index (χ4n) is 1.73. The number of hydrogen-bond acceptors (Lipinski definition) is 5. The number of hydrogen-bond donors (Lipinski definition) is 3. The van der Waals surface area contributed by atoms with Crippen molar-refractivity contribution in [2.75, 3.05) is 32.1 Å². The van der Waals surface area contributed by atoms with E-state index in [0.717, 1.165) is 6.07 Å². The predicted molar refractivity (Wildman–Crippen MR) is 79.2 cm³/mol. The minimum absolute atomic E-state index is 0.0679. The second-order valence-corrected chi connectivity index (χ2v) is 6.03. The van der Waals surface area contributed by atoms with Crippen LogP contribution < -0.4 is 10.0 Å². The van der Waals surface area contributed by atoms with Gasteiger partial charge in [-0.05, 0) is 24.6 Å². The van der Waals surface area contributed by atoms with E-state index in [1.807, 2.05) is 0 Å². The van der Waals surface area contributed by atoms with Crippen molar-refractivity contribution in [3.8, 4) is 0 Å². The fraction of sp³-hybridized carbons (Fsp3) is 0.462. The van der Waals surface area contributed by atoms with Crippen molar-refractivity contribution in [1.29, 1.82) is 0 Å². The van der Waals surface area contributed by atoms with E-state index >= 15 is 0 Å². The minimum Gasteiger partial charge on any atom is -0.478 e. The Balaban J connectivity index is 3.09. The molecule has 0 radical (unpaired) electrons. The van der Waals surface area contributed by atoms with E-state index in [-0.39, 0.29) is 17.0 Å². The first-order valence-electron chi connectivity index (χ1n) is 6.52. The second kappa shape index (κ2) is 7.96. The number of nitrogens with one attached hydrogen (secondary N) is 2. The Morgan fingerprint density at radius 2 is 2.10 bits per heavy atom. The number of carboxylic acids is 1. The molecule has 0 saturated carbocycles. The van der Waals surface area contributed by atoms with Crippen LogP contribution in [0.15, 0.2) is 23.1 Å². The third-order valence-corrected chi connectivity index (χ3v) is 4.28. The highest BCUT2D eigenvalue weighted by molar-refractivity contribution is 7.89. The molecular formula is C13H20N2O5S. The molecule has 0 aliphatic carbocycles. The molecule has 0 aliphatic rings. The Bertz CT molecular complexity index is 586. The van der Waals surface area contributed by atoms with E-state index in [1.165, 1.54) is 12.1 Å². The highest BCUT2D eigenvalue weighted by Crippen LogP contribution is 2.23. The summed E-state index contributed by atoms with van der Waals surface area (Å²) in [5.41, 5.74) is 0.297. The van der Waals surface area contributed by atoms with Gasteiger partial charge in [-0.3, -0.25) is 0 Å². The molecule has 7 nitrogen and oxygen atoms in total. The zero-order valence-corrected chi connectivity index (χ0v) is 12.9. The molecule has 0 amide bonds. The van der Waals surface area contributed by atoms with E-state index in [9.17, 15) is 13.2 Å². The zero-order chi connectivity index (χ0) is 15.9. The summed E-state index contributed by atoms with van der Waals surface area (Å²) in [6, 6.07) is 3.98. The first-order valence-corrected chi connectivity index (χ1v) is 8.00. The van der Waals surface area contributed by atoms with Crippen LogP contribution in [0.2, 0.25) is 0 Å². The molecule has 0 unspecified atom stereocenters. The lowest BCUT2D eigenvalue weighted by molar-refractivity contribution is 0.0696. The molecule has 0 spiro atoms. The van der Waals surface area contributed by atoms with Crippen molar-refractivity contribution in [2.24, 2.45) is 0 Å². The van der Waals surface area contributed by atoms with Crippen LogP contribution >= 0.6 is 0 Å². The molecule has 0 heterocycles. The molecule has 1 aromatic carbocycles. The van der Waals surface area contributed by atoms with E-state index < -0.39 is 16.0 Å². The summed E-state index contributed by atoms with van der Waals surface area (Å²) in [7, 11) is -2.16. The molecule has 0 saturated heterocycles. The van der Waals surface area contributed by atoms with Gasteiger partial charge in [-0.25, -0.2) is 17.9 Å². The normalized spacial score (nSPS) is 11.3. The van der Waals surface area contributed by atoms with Crippen molar-refractivity contribution in [3.05, 3.63) is 23.8 Å². The topological polar surface area (TPSA) is 105 Å². The monoisotopic (exact) mass is 316 g/mol. The Morgan fingerprint density at radius 1 is 1.38 bits per heavy atom. The van der Waals surface area contributed by atoms with Crippen molar-refractivity contribution in [1.82, 2.24) is 4.72 Å². The number of ether oxygens (including phenoxy) is 1. The van der Waals surface area contributed by atoms with Crippen LogP contribution in [0.25, 0.3) is 0 Å². The Morgan fingerprint density at radius 3 is 2.67 bits per heavy atom. The number of rotatable bonds is 9. The van der Waals surface area contributed by atoms with E-state index in [4.69, 9.17) is 9.84 Å². The number of methoxy groups -OCH3 is 1. The van der Waals surface area contributed by atoms with Crippen molar-refractivity contribution in [2.45, 2.75) is 18.2 Å². The molecule has 0 atom stereocenters. The number of carboxylic acid groups (broad SMARTS) is 1. The van der Waals surface area contributed by atoms with Crippen LogP contribution in [0, 0.1) is 0 Å². The number of anilines is 1. The quantitative estimate of drug-likeness (QED) is 0.590. The van der Waals surface area contributed by atoms with Crippen molar-refractivity contribution in [3.63, 3.8) is 0 Å². The largest absolute Gasteiger partial charge is 0.478 e. The van der Waals surface area contributed by atoms with E-state index in [0.29, 0.717) is 25.3 Å². The molecule has 1 rings (SSSR count). The van der Waals surface area contributed by atoms with Crippen molar-refractivity contribution < 1.29 is 23.1 Å². The van der Waals surface area contributed by atoms with Crippen LogP contribution in [-0.4, -0.2) is 46.3 Å². The maximum atomic E-state index is 12.1. The van der Waals surface area contributed by atoms with E-state index in [2.05, 4.69) is 10.0 Å². The van der Waals surface area contributed by atoms with Crippen LogP contribution in [0.5, 0.6) is 0 Å². The summed E-state index contributed by atoms with van der Waals surface area (Å²) in [4.78, 5) is 10.9. The first-order chi connectivity index (χ1) is 9.92. The van der Waals surface area contributed by atoms with Gasteiger partial charge in [0.25, 0.3) is 0 Å². The van der Waals surface area contributed by atoms with Gasteiger partial charge < -0.3 is 15.2 Å². The van der Waals surface area contributed by atoms with E-state index in [1.54, 1.807) is 14.0 Å². The van der Waals surface area contributed by atoms with Gasteiger partial charge in [0.05, 0.1) is 11.3 Å². The maximum absolute atomic E-state index is 12.1. The lowest BCUT2D eigenvalue weighted by Crippen LogP contribution is -2.24. The Labute approximate surface area is 124 Å². The fourth-order valence-corrected chi connectivity index (χ4v) is 2.98. The van der Waals surface area contributed by atoms with Gasteiger partial charge in [-0.15, -0.1) is 0 Å². The average molecular weight is 316 g/mol. The summed E-state index contributed by atoms with van der Waals surface area (Å²) in [6.45, 7) is 2.96. The Kier molecular flexibility index (Phi) is 6.60. The average Bonchev–Trinajstić information content (AvgIpc) is 2.43. The lowest BCUT2D eigenvalue weighted by atomic mass is 10.2. The number of carbonyl (C=O) groups is 1. The standard InChI is InChI=1S/C13H20N2O5S/c1-3-15-21(18,19)12-9-10(13(16)17)5-6-11(12)14-7-4-8-20-2/h5-6,9,14-15H,3-4,7-8H2,1-2H3,(H,16,17). The highest BCUT2D eigenvalue weighted by Gasteiger charge is 2.19.